The maximum atomic E-state index is 12.3. The van der Waals surface area contributed by atoms with E-state index in [9.17, 15) is 13.2 Å². The summed E-state index contributed by atoms with van der Waals surface area (Å²) in [4.78, 5) is 16.5. The molecule has 0 unspecified atom stereocenters. The van der Waals surface area contributed by atoms with E-state index in [-0.39, 0.29) is 23.7 Å². The molecule has 3 heterocycles. The second-order valence-electron chi connectivity index (χ2n) is 5.59. The number of carbonyl (C=O) groups is 1. The minimum atomic E-state index is -3.20. The van der Waals surface area contributed by atoms with Gasteiger partial charge in [-0.25, -0.2) is 17.7 Å². The third-order valence-corrected chi connectivity index (χ3v) is 5.86. The van der Waals surface area contributed by atoms with E-state index < -0.39 is 10.0 Å². The lowest BCUT2D eigenvalue weighted by Gasteiger charge is -2.28. The van der Waals surface area contributed by atoms with Crippen LogP contribution >= 0.6 is 11.3 Å². The molecule has 1 N–H and O–H groups in total. The van der Waals surface area contributed by atoms with Crippen molar-refractivity contribution in [2.75, 3.05) is 24.7 Å². The van der Waals surface area contributed by atoms with E-state index in [1.807, 2.05) is 6.92 Å². The van der Waals surface area contributed by atoms with Crippen molar-refractivity contribution >= 4 is 33.3 Å². The first-order valence-corrected chi connectivity index (χ1v) is 10.1. The predicted molar refractivity (Wildman–Crippen MR) is 87.9 cm³/mol. The molecule has 0 saturated carbocycles. The predicted octanol–water partition coefficient (Wildman–Crippen LogP) is 1.11. The smallest absolute Gasteiger partial charge is 0.322 e. The van der Waals surface area contributed by atoms with Crippen LogP contribution in [0.4, 0.5) is 6.01 Å². The van der Waals surface area contributed by atoms with Gasteiger partial charge >= 0.3 is 6.01 Å². The van der Waals surface area contributed by atoms with Crippen molar-refractivity contribution in [3.63, 3.8) is 0 Å². The molecule has 0 spiro atoms. The Kier molecular flexibility index (Phi) is 4.65. The highest BCUT2D eigenvalue weighted by atomic mass is 32.2. The van der Waals surface area contributed by atoms with Crippen molar-refractivity contribution in [1.29, 1.82) is 0 Å². The van der Waals surface area contributed by atoms with Crippen molar-refractivity contribution < 1.29 is 17.6 Å². The van der Waals surface area contributed by atoms with Gasteiger partial charge < -0.3 is 4.42 Å². The first kappa shape index (κ1) is 17.0. The quantitative estimate of drug-likeness (QED) is 0.855. The molecule has 1 aliphatic rings. The van der Waals surface area contributed by atoms with Gasteiger partial charge in [0.1, 0.15) is 5.69 Å². The van der Waals surface area contributed by atoms with Gasteiger partial charge in [-0.15, -0.1) is 16.4 Å². The molecule has 0 atom stereocenters. The number of sulfonamides is 1. The maximum absolute atomic E-state index is 12.3. The van der Waals surface area contributed by atoms with Crippen LogP contribution in [0.15, 0.2) is 9.80 Å². The van der Waals surface area contributed by atoms with Crippen molar-refractivity contribution in [2.24, 2.45) is 5.92 Å². The largest absolute Gasteiger partial charge is 0.401 e. The summed E-state index contributed by atoms with van der Waals surface area (Å²) in [5.74, 6) is -0.269. The van der Waals surface area contributed by atoms with Gasteiger partial charge in [-0.1, -0.05) is 5.10 Å². The maximum Gasteiger partial charge on any atom is 0.322 e. The molecule has 1 amide bonds. The Morgan fingerprint density at radius 2 is 2.08 bits per heavy atom. The third-order valence-electron chi connectivity index (χ3n) is 3.79. The summed E-state index contributed by atoms with van der Waals surface area (Å²) in [5, 5.41) is 12.9. The minimum absolute atomic E-state index is 0.0196. The first-order chi connectivity index (χ1) is 11.3. The van der Waals surface area contributed by atoms with Gasteiger partial charge in [-0.05, 0) is 19.8 Å². The number of hydrogen-bond acceptors (Lipinski definition) is 8. The minimum Gasteiger partial charge on any atom is -0.401 e. The second-order valence-corrected chi connectivity index (χ2v) is 8.63. The van der Waals surface area contributed by atoms with Crippen LogP contribution in [0.3, 0.4) is 0 Å². The standard InChI is InChI=1S/C13H17N5O4S2/c1-8-14-10(7-23-8)12-16-17-13(22-12)15-11(19)9-3-5-18(6-4-9)24(2,20)21/h7,9H,3-6H2,1-2H3,(H,15,17,19). The van der Waals surface area contributed by atoms with Crippen molar-refractivity contribution in [3.8, 4) is 11.6 Å². The molecule has 130 valence electrons. The average Bonchev–Trinajstić information content (AvgIpc) is 3.15. The molecule has 3 rings (SSSR count). The van der Waals surface area contributed by atoms with Crippen LogP contribution in [0, 0.1) is 12.8 Å². The lowest BCUT2D eigenvalue weighted by molar-refractivity contribution is -0.121. The van der Waals surface area contributed by atoms with E-state index in [0.717, 1.165) is 5.01 Å². The molecule has 9 nitrogen and oxygen atoms in total. The Morgan fingerprint density at radius 1 is 1.38 bits per heavy atom. The van der Waals surface area contributed by atoms with Crippen LogP contribution in [-0.2, 0) is 14.8 Å². The van der Waals surface area contributed by atoms with Gasteiger partial charge in [0.15, 0.2) is 0 Å². The molecule has 1 fully saturated rings. The van der Waals surface area contributed by atoms with Crippen LogP contribution in [0.5, 0.6) is 0 Å². The molecule has 0 aromatic carbocycles. The monoisotopic (exact) mass is 371 g/mol. The number of aryl methyl sites for hydroxylation is 1. The van der Waals surface area contributed by atoms with Gasteiger partial charge in [0, 0.05) is 24.4 Å². The number of carbonyl (C=O) groups excluding carboxylic acids is 1. The first-order valence-electron chi connectivity index (χ1n) is 7.35. The van der Waals surface area contributed by atoms with Crippen LogP contribution in [0.2, 0.25) is 0 Å². The third kappa shape index (κ3) is 3.79. The summed E-state index contributed by atoms with van der Waals surface area (Å²) >= 11 is 1.47. The van der Waals surface area contributed by atoms with Gasteiger partial charge in [-0.3, -0.25) is 10.1 Å². The number of rotatable bonds is 4. The number of aromatic nitrogens is 3. The van der Waals surface area contributed by atoms with Crippen LogP contribution in [-0.4, -0.2) is 53.2 Å². The van der Waals surface area contributed by atoms with E-state index >= 15 is 0 Å². The zero-order valence-electron chi connectivity index (χ0n) is 13.2. The number of piperidine rings is 1. The summed E-state index contributed by atoms with van der Waals surface area (Å²) in [6.45, 7) is 2.55. The number of thiazole rings is 1. The fourth-order valence-electron chi connectivity index (χ4n) is 2.50. The summed E-state index contributed by atoms with van der Waals surface area (Å²) in [6, 6.07) is 0.0196. The highest BCUT2D eigenvalue weighted by molar-refractivity contribution is 7.88. The molecular formula is C13H17N5O4S2. The van der Waals surface area contributed by atoms with Gasteiger partial charge in [0.05, 0.1) is 11.3 Å². The molecule has 2 aromatic heterocycles. The Hall–Kier alpha value is -1.85. The zero-order valence-corrected chi connectivity index (χ0v) is 14.9. The number of hydrogen-bond donors (Lipinski definition) is 1. The fraction of sp³-hybridized carbons (Fsp3) is 0.538. The number of anilines is 1. The summed E-state index contributed by atoms with van der Waals surface area (Å²) in [7, 11) is -3.20. The van der Waals surface area contributed by atoms with Crippen molar-refractivity contribution in [3.05, 3.63) is 10.4 Å². The van der Waals surface area contributed by atoms with Crippen molar-refractivity contribution in [1.82, 2.24) is 19.5 Å². The van der Waals surface area contributed by atoms with Crippen LogP contribution in [0.25, 0.3) is 11.6 Å². The van der Waals surface area contributed by atoms with E-state index in [2.05, 4.69) is 20.5 Å². The van der Waals surface area contributed by atoms with Gasteiger partial charge in [0.25, 0.3) is 5.89 Å². The van der Waals surface area contributed by atoms with Crippen LogP contribution < -0.4 is 5.32 Å². The average molecular weight is 371 g/mol. The molecule has 0 bridgehead atoms. The molecular weight excluding hydrogens is 354 g/mol. The fourth-order valence-corrected chi connectivity index (χ4v) is 3.96. The van der Waals surface area contributed by atoms with E-state index in [1.165, 1.54) is 21.9 Å². The molecule has 24 heavy (non-hydrogen) atoms. The SMILES string of the molecule is Cc1nc(-c2nnc(NC(=O)C3CCN(S(C)(=O)=O)CC3)o2)cs1. The summed E-state index contributed by atoms with van der Waals surface area (Å²) in [6.07, 6.45) is 2.10. The zero-order chi connectivity index (χ0) is 17.3. The van der Waals surface area contributed by atoms with Crippen molar-refractivity contribution in [2.45, 2.75) is 19.8 Å². The lowest BCUT2D eigenvalue weighted by Crippen LogP contribution is -2.40. The lowest BCUT2D eigenvalue weighted by atomic mass is 9.97. The summed E-state index contributed by atoms with van der Waals surface area (Å²) in [5.41, 5.74) is 0.576. The molecule has 1 aliphatic heterocycles. The molecule has 2 aromatic rings. The second kappa shape index (κ2) is 6.57. The number of nitrogens with one attached hydrogen (secondary N) is 1. The normalized spacial score (nSPS) is 17.1. The van der Waals surface area contributed by atoms with Gasteiger partial charge in [0.2, 0.25) is 15.9 Å². The number of amides is 1. The van der Waals surface area contributed by atoms with E-state index in [4.69, 9.17) is 4.42 Å². The summed E-state index contributed by atoms with van der Waals surface area (Å²) < 4.78 is 29.7. The Labute approximate surface area is 143 Å². The Balaban J connectivity index is 1.59. The molecule has 11 heteroatoms. The highest BCUT2D eigenvalue weighted by Crippen LogP contribution is 2.23. The topological polar surface area (TPSA) is 118 Å². The van der Waals surface area contributed by atoms with Crippen LogP contribution in [0.1, 0.15) is 17.8 Å². The molecule has 1 saturated heterocycles. The molecule has 0 radical (unpaired) electrons. The Morgan fingerprint density at radius 3 is 2.67 bits per heavy atom. The Bertz CT molecular complexity index is 836. The highest BCUT2D eigenvalue weighted by Gasteiger charge is 2.29. The van der Waals surface area contributed by atoms with E-state index in [0.29, 0.717) is 31.6 Å². The van der Waals surface area contributed by atoms with Gasteiger partial charge in [-0.2, -0.15) is 0 Å². The number of nitrogens with zero attached hydrogens (tertiary/aromatic N) is 4. The molecule has 0 aliphatic carbocycles. The van der Waals surface area contributed by atoms with E-state index in [1.54, 1.807) is 5.38 Å².